The summed E-state index contributed by atoms with van der Waals surface area (Å²) in [5, 5.41) is 5.77. The smallest absolute Gasteiger partial charge is 0.314 e. The molecule has 0 aliphatic heterocycles. The van der Waals surface area contributed by atoms with Crippen LogP contribution in [0.1, 0.15) is 26.3 Å². The zero-order valence-corrected chi connectivity index (χ0v) is 15.5. The van der Waals surface area contributed by atoms with Crippen molar-refractivity contribution in [2.24, 2.45) is 0 Å². The van der Waals surface area contributed by atoms with Crippen molar-refractivity contribution in [3.8, 4) is 11.5 Å². The first kappa shape index (κ1) is 20.1. The maximum absolute atomic E-state index is 11.8. The van der Waals surface area contributed by atoms with Crippen LogP contribution in [0.2, 0.25) is 0 Å². The van der Waals surface area contributed by atoms with Gasteiger partial charge in [0.15, 0.2) is 11.5 Å². The standard InChI is InChI=1S/C18H31N3O3/c1-6-21(14(2)3)12-11-20-18(22)19-10-9-15-7-8-16(23-4)17(13-15)24-5/h7-8,13-14H,6,9-12H2,1-5H3,(H2,19,20,22). The highest BCUT2D eigenvalue weighted by atomic mass is 16.5. The number of hydrogen-bond acceptors (Lipinski definition) is 4. The molecule has 2 N–H and O–H groups in total. The van der Waals surface area contributed by atoms with Crippen LogP contribution in [0.25, 0.3) is 0 Å². The van der Waals surface area contributed by atoms with E-state index in [-0.39, 0.29) is 6.03 Å². The summed E-state index contributed by atoms with van der Waals surface area (Å²) in [6.45, 7) is 9.51. The van der Waals surface area contributed by atoms with E-state index in [1.807, 2.05) is 18.2 Å². The number of ether oxygens (including phenoxy) is 2. The summed E-state index contributed by atoms with van der Waals surface area (Å²) in [4.78, 5) is 14.1. The van der Waals surface area contributed by atoms with Crippen LogP contribution in [0.5, 0.6) is 11.5 Å². The van der Waals surface area contributed by atoms with Gasteiger partial charge < -0.3 is 20.1 Å². The highest BCUT2D eigenvalue weighted by Gasteiger charge is 2.08. The average Bonchev–Trinajstić information content (AvgIpc) is 2.58. The number of likely N-dealkylation sites (N-methyl/N-ethyl adjacent to an activating group) is 1. The van der Waals surface area contributed by atoms with Crippen molar-refractivity contribution in [1.29, 1.82) is 0 Å². The predicted molar refractivity (Wildman–Crippen MR) is 97.0 cm³/mol. The normalized spacial score (nSPS) is 10.8. The van der Waals surface area contributed by atoms with E-state index in [1.54, 1.807) is 14.2 Å². The lowest BCUT2D eigenvalue weighted by molar-refractivity contribution is 0.222. The lowest BCUT2D eigenvalue weighted by atomic mass is 10.1. The third kappa shape index (κ3) is 6.66. The molecule has 0 fully saturated rings. The minimum atomic E-state index is -0.129. The molecule has 1 rings (SSSR count). The molecule has 6 nitrogen and oxygen atoms in total. The van der Waals surface area contributed by atoms with Crippen LogP contribution in [-0.4, -0.2) is 57.4 Å². The molecule has 0 radical (unpaired) electrons. The number of amides is 2. The van der Waals surface area contributed by atoms with Crippen LogP contribution >= 0.6 is 0 Å². The number of nitrogens with one attached hydrogen (secondary N) is 2. The first-order chi connectivity index (χ1) is 11.5. The molecule has 136 valence electrons. The van der Waals surface area contributed by atoms with Crippen molar-refractivity contribution in [1.82, 2.24) is 15.5 Å². The molecule has 0 bridgehead atoms. The monoisotopic (exact) mass is 337 g/mol. The first-order valence-electron chi connectivity index (χ1n) is 8.48. The van der Waals surface area contributed by atoms with Gasteiger partial charge >= 0.3 is 6.03 Å². The number of benzene rings is 1. The molecule has 0 aromatic heterocycles. The third-order valence-electron chi connectivity index (χ3n) is 3.97. The molecule has 24 heavy (non-hydrogen) atoms. The number of carbonyl (C=O) groups excluding carboxylic acids is 1. The first-order valence-corrected chi connectivity index (χ1v) is 8.48. The zero-order valence-electron chi connectivity index (χ0n) is 15.5. The molecule has 6 heteroatoms. The zero-order chi connectivity index (χ0) is 17.9. The lowest BCUT2D eigenvalue weighted by Gasteiger charge is -2.24. The molecule has 0 aliphatic carbocycles. The maximum atomic E-state index is 11.8. The van der Waals surface area contributed by atoms with Crippen LogP contribution in [0, 0.1) is 0 Å². The molecular formula is C18H31N3O3. The summed E-state index contributed by atoms with van der Waals surface area (Å²) in [6.07, 6.45) is 0.737. The summed E-state index contributed by atoms with van der Waals surface area (Å²) in [5.74, 6) is 1.41. The Bertz CT molecular complexity index is 506. The fourth-order valence-corrected chi connectivity index (χ4v) is 2.51. The van der Waals surface area contributed by atoms with Gasteiger partial charge in [-0.1, -0.05) is 13.0 Å². The summed E-state index contributed by atoms with van der Waals surface area (Å²) in [5.41, 5.74) is 1.09. The minimum Gasteiger partial charge on any atom is -0.493 e. The highest BCUT2D eigenvalue weighted by Crippen LogP contribution is 2.27. The van der Waals surface area contributed by atoms with Crippen molar-refractivity contribution >= 4 is 6.03 Å². The largest absolute Gasteiger partial charge is 0.493 e. The van der Waals surface area contributed by atoms with E-state index in [4.69, 9.17) is 9.47 Å². The van der Waals surface area contributed by atoms with Crippen molar-refractivity contribution in [2.75, 3.05) is 40.4 Å². The minimum absolute atomic E-state index is 0.129. The van der Waals surface area contributed by atoms with E-state index in [0.717, 1.165) is 25.1 Å². The van der Waals surface area contributed by atoms with Gasteiger partial charge in [-0.15, -0.1) is 0 Å². The number of rotatable bonds is 10. The van der Waals surface area contributed by atoms with Crippen molar-refractivity contribution in [3.05, 3.63) is 23.8 Å². The van der Waals surface area contributed by atoms with E-state index in [2.05, 4.69) is 36.3 Å². The van der Waals surface area contributed by atoms with Gasteiger partial charge in [-0.05, 0) is 44.5 Å². The van der Waals surface area contributed by atoms with Crippen LogP contribution < -0.4 is 20.1 Å². The van der Waals surface area contributed by atoms with Crippen LogP contribution in [0.3, 0.4) is 0 Å². The van der Waals surface area contributed by atoms with Crippen LogP contribution in [0.4, 0.5) is 4.79 Å². The topological polar surface area (TPSA) is 62.8 Å². The predicted octanol–water partition coefficient (Wildman–Crippen LogP) is 2.28. The molecular weight excluding hydrogens is 306 g/mol. The number of urea groups is 1. The van der Waals surface area contributed by atoms with Crippen LogP contribution in [-0.2, 0) is 6.42 Å². The summed E-state index contributed by atoms with van der Waals surface area (Å²) in [6, 6.07) is 6.14. The van der Waals surface area contributed by atoms with Gasteiger partial charge in [0.1, 0.15) is 0 Å². The molecule has 0 saturated heterocycles. The highest BCUT2D eigenvalue weighted by molar-refractivity contribution is 5.73. The van der Waals surface area contributed by atoms with E-state index in [9.17, 15) is 4.79 Å². The Balaban J connectivity index is 2.30. The van der Waals surface area contributed by atoms with Gasteiger partial charge in [0.05, 0.1) is 14.2 Å². The molecule has 1 aromatic carbocycles. The molecule has 0 unspecified atom stereocenters. The Morgan fingerprint density at radius 3 is 2.38 bits per heavy atom. The number of hydrogen-bond donors (Lipinski definition) is 2. The Morgan fingerprint density at radius 1 is 1.12 bits per heavy atom. The van der Waals surface area contributed by atoms with Crippen LogP contribution in [0.15, 0.2) is 18.2 Å². The quantitative estimate of drug-likeness (QED) is 0.687. The molecule has 0 atom stereocenters. The fraction of sp³-hybridized carbons (Fsp3) is 0.611. The second-order valence-electron chi connectivity index (χ2n) is 5.84. The van der Waals surface area contributed by atoms with Gasteiger partial charge in [0.25, 0.3) is 0 Å². The average molecular weight is 337 g/mol. The van der Waals surface area contributed by atoms with Crippen molar-refractivity contribution in [2.45, 2.75) is 33.2 Å². The molecule has 0 aliphatic rings. The summed E-state index contributed by atoms with van der Waals surface area (Å²) in [7, 11) is 3.23. The fourth-order valence-electron chi connectivity index (χ4n) is 2.51. The second-order valence-corrected chi connectivity index (χ2v) is 5.84. The van der Waals surface area contributed by atoms with Crippen molar-refractivity contribution < 1.29 is 14.3 Å². The maximum Gasteiger partial charge on any atom is 0.314 e. The number of carbonyl (C=O) groups is 1. The van der Waals surface area contributed by atoms with Gasteiger partial charge in [-0.25, -0.2) is 4.79 Å². The number of methoxy groups -OCH3 is 2. The van der Waals surface area contributed by atoms with E-state index in [1.165, 1.54) is 0 Å². The van der Waals surface area contributed by atoms with E-state index < -0.39 is 0 Å². The van der Waals surface area contributed by atoms with E-state index in [0.29, 0.717) is 30.6 Å². The van der Waals surface area contributed by atoms with Gasteiger partial charge in [0.2, 0.25) is 0 Å². The molecule has 0 saturated carbocycles. The van der Waals surface area contributed by atoms with Crippen molar-refractivity contribution in [3.63, 3.8) is 0 Å². The Morgan fingerprint density at radius 2 is 1.79 bits per heavy atom. The molecule has 0 heterocycles. The Labute approximate surface area is 145 Å². The SMILES string of the molecule is CCN(CCNC(=O)NCCc1ccc(OC)c(OC)c1)C(C)C. The number of nitrogens with zero attached hydrogens (tertiary/aromatic N) is 1. The molecule has 2 amide bonds. The Kier molecular flexibility index (Phi) is 9.01. The van der Waals surface area contributed by atoms with E-state index >= 15 is 0 Å². The molecule has 0 spiro atoms. The molecule has 1 aromatic rings. The van der Waals surface area contributed by atoms with Gasteiger partial charge in [0, 0.05) is 25.7 Å². The Hall–Kier alpha value is -1.95. The summed E-state index contributed by atoms with van der Waals surface area (Å²) >= 11 is 0. The summed E-state index contributed by atoms with van der Waals surface area (Å²) < 4.78 is 10.5. The van der Waals surface area contributed by atoms with Gasteiger partial charge in [-0.2, -0.15) is 0 Å². The second kappa shape index (κ2) is 10.8. The van der Waals surface area contributed by atoms with Gasteiger partial charge in [-0.3, -0.25) is 4.90 Å². The lowest BCUT2D eigenvalue weighted by Crippen LogP contribution is -2.42. The third-order valence-corrected chi connectivity index (χ3v) is 3.97.